The molecule has 1 spiro atoms. The molecule has 0 radical (unpaired) electrons. The number of benzene rings is 2. The van der Waals surface area contributed by atoms with E-state index in [0.29, 0.717) is 22.8 Å². The second kappa shape index (κ2) is 6.76. The minimum absolute atomic E-state index is 0.212. The molecule has 1 heterocycles. The summed E-state index contributed by atoms with van der Waals surface area (Å²) in [5.74, 6) is 0.133. The Morgan fingerprint density at radius 3 is 2.69 bits per heavy atom. The van der Waals surface area contributed by atoms with Crippen LogP contribution in [-0.4, -0.2) is 11.5 Å². The largest absolute Gasteiger partial charge is 0.487 e. The number of nitrogens with one attached hydrogen (secondary N) is 1. The number of ether oxygens (including phenoxy) is 1. The van der Waals surface area contributed by atoms with Gasteiger partial charge in [-0.1, -0.05) is 23.7 Å². The summed E-state index contributed by atoms with van der Waals surface area (Å²) in [6.07, 6.45) is 6.95. The predicted octanol–water partition coefficient (Wildman–Crippen LogP) is 5.06. The highest BCUT2D eigenvalue weighted by Crippen LogP contribution is 2.48. The molecule has 0 saturated heterocycles. The molecule has 1 aliphatic heterocycles. The number of hydrogen-bond donors (Lipinski definition) is 1. The van der Waals surface area contributed by atoms with Crippen LogP contribution in [0.3, 0.4) is 0 Å². The Labute approximate surface area is 156 Å². The van der Waals surface area contributed by atoms with Crippen molar-refractivity contribution in [2.45, 2.75) is 37.3 Å². The van der Waals surface area contributed by atoms with Crippen molar-refractivity contribution in [3.05, 3.63) is 70.5 Å². The maximum atomic E-state index is 13.7. The maximum Gasteiger partial charge on any atom is 0.244 e. The van der Waals surface area contributed by atoms with Crippen LogP contribution in [0.4, 0.5) is 4.39 Å². The lowest BCUT2D eigenvalue weighted by Crippen LogP contribution is -2.49. The molecule has 1 amide bonds. The first-order valence-electron chi connectivity index (χ1n) is 8.76. The molecule has 1 saturated carbocycles. The van der Waals surface area contributed by atoms with Gasteiger partial charge in [-0.05, 0) is 61.2 Å². The molecule has 1 atom stereocenters. The van der Waals surface area contributed by atoms with Gasteiger partial charge in [-0.15, -0.1) is 0 Å². The van der Waals surface area contributed by atoms with Crippen molar-refractivity contribution >= 4 is 23.6 Å². The first-order chi connectivity index (χ1) is 12.5. The summed E-state index contributed by atoms with van der Waals surface area (Å²) in [7, 11) is 0. The standard InChI is InChI=1S/C21H19ClFNO2/c22-15-5-2-14(3-6-15)4-9-20(25)24-18-13-21(10-1-11-21)26-19-8-7-16(23)12-17(18)19/h2-9,12,18H,1,10-11,13H2,(H,24,25)/b9-4+. The first-order valence-corrected chi connectivity index (χ1v) is 9.13. The molecule has 0 bridgehead atoms. The summed E-state index contributed by atoms with van der Waals surface area (Å²) in [6, 6.07) is 11.5. The summed E-state index contributed by atoms with van der Waals surface area (Å²) in [5.41, 5.74) is 1.37. The number of halogens is 2. The van der Waals surface area contributed by atoms with Crippen molar-refractivity contribution in [1.82, 2.24) is 5.32 Å². The average molecular weight is 372 g/mol. The van der Waals surface area contributed by atoms with Crippen LogP contribution in [0.15, 0.2) is 48.5 Å². The van der Waals surface area contributed by atoms with E-state index in [4.69, 9.17) is 16.3 Å². The fraction of sp³-hybridized carbons (Fsp3) is 0.286. The van der Waals surface area contributed by atoms with E-state index >= 15 is 0 Å². The third-order valence-corrected chi connectivity index (χ3v) is 5.38. The van der Waals surface area contributed by atoms with Crippen LogP contribution in [0.1, 0.15) is 42.9 Å². The summed E-state index contributed by atoms with van der Waals surface area (Å²) in [5, 5.41) is 3.66. The summed E-state index contributed by atoms with van der Waals surface area (Å²) in [4.78, 5) is 12.4. The Hall–Kier alpha value is -2.33. The summed E-state index contributed by atoms with van der Waals surface area (Å²) in [6.45, 7) is 0. The Morgan fingerprint density at radius 1 is 1.23 bits per heavy atom. The Morgan fingerprint density at radius 2 is 2.00 bits per heavy atom. The van der Waals surface area contributed by atoms with Crippen LogP contribution >= 0.6 is 11.6 Å². The van der Waals surface area contributed by atoms with Gasteiger partial charge in [0.1, 0.15) is 17.2 Å². The van der Waals surface area contributed by atoms with E-state index in [9.17, 15) is 9.18 Å². The number of hydrogen-bond acceptors (Lipinski definition) is 2. The normalized spacial score (nSPS) is 20.3. The van der Waals surface area contributed by atoms with Gasteiger partial charge >= 0.3 is 0 Å². The Balaban J connectivity index is 1.52. The average Bonchev–Trinajstić information content (AvgIpc) is 2.60. The molecule has 2 aliphatic rings. The maximum absolute atomic E-state index is 13.7. The van der Waals surface area contributed by atoms with Gasteiger partial charge in [0, 0.05) is 23.1 Å². The topological polar surface area (TPSA) is 38.3 Å². The van der Waals surface area contributed by atoms with Crippen molar-refractivity contribution in [3.63, 3.8) is 0 Å². The predicted molar refractivity (Wildman–Crippen MR) is 99.6 cm³/mol. The van der Waals surface area contributed by atoms with Crippen LogP contribution in [-0.2, 0) is 4.79 Å². The molecule has 2 aromatic rings. The highest BCUT2D eigenvalue weighted by atomic mass is 35.5. The molecule has 2 aromatic carbocycles. The van der Waals surface area contributed by atoms with Gasteiger partial charge in [-0.2, -0.15) is 0 Å². The number of carbonyl (C=O) groups is 1. The molecular formula is C21H19ClFNO2. The quantitative estimate of drug-likeness (QED) is 0.766. The van der Waals surface area contributed by atoms with Gasteiger partial charge in [0.25, 0.3) is 0 Å². The van der Waals surface area contributed by atoms with Crippen molar-refractivity contribution in [1.29, 1.82) is 0 Å². The van der Waals surface area contributed by atoms with Gasteiger partial charge in [0.2, 0.25) is 5.91 Å². The van der Waals surface area contributed by atoms with E-state index in [0.717, 1.165) is 24.8 Å². The minimum Gasteiger partial charge on any atom is -0.487 e. The molecule has 26 heavy (non-hydrogen) atoms. The number of rotatable bonds is 3. The van der Waals surface area contributed by atoms with Crippen molar-refractivity contribution in [2.24, 2.45) is 0 Å². The van der Waals surface area contributed by atoms with E-state index in [1.165, 1.54) is 18.2 Å². The Bertz CT molecular complexity index is 859. The van der Waals surface area contributed by atoms with Crippen LogP contribution in [0, 0.1) is 5.82 Å². The fourth-order valence-corrected chi connectivity index (χ4v) is 3.74. The van der Waals surface area contributed by atoms with Gasteiger partial charge in [-0.25, -0.2) is 4.39 Å². The third-order valence-electron chi connectivity index (χ3n) is 5.13. The number of fused-ring (bicyclic) bond motifs is 1. The third kappa shape index (κ3) is 3.47. The van der Waals surface area contributed by atoms with Crippen LogP contribution < -0.4 is 10.1 Å². The highest BCUT2D eigenvalue weighted by molar-refractivity contribution is 6.30. The SMILES string of the molecule is O=C(/C=C/c1ccc(Cl)cc1)NC1CC2(CCC2)Oc2ccc(F)cc21. The lowest BCUT2D eigenvalue weighted by molar-refractivity contribution is -0.118. The van der Waals surface area contributed by atoms with Crippen molar-refractivity contribution in [2.75, 3.05) is 0 Å². The molecule has 1 N–H and O–H groups in total. The van der Waals surface area contributed by atoms with Crippen LogP contribution in [0.5, 0.6) is 5.75 Å². The zero-order valence-corrected chi connectivity index (χ0v) is 14.9. The van der Waals surface area contributed by atoms with E-state index < -0.39 is 0 Å². The first kappa shape index (κ1) is 17.1. The van der Waals surface area contributed by atoms with Gasteiger partial charge in [0.05, 0.1) is 6.04 Å². The minimum atomic E-state index is -0.326. The fourth-order valence-electron chi connectivity index (χ4n) is 3.61. The molecule has 0 aromatic heterocycles. The Kier molecular flexibility index (Phi) is 4.45. The molecular weight excluding hydrogens is 353 g/mol. The molecule has 3 nitrogen and oxygen atoms in total. The van der Waals surface area contributed by atoms with Crippen molar-refractivity contribution in [3.8, 4) is 5.75 Å². The molecule has 1 aliphatic carbocycles. The van der Waals surface area contributed by atoms with E-state index in [-0.39, 0.29) is 23.4 Å². The molecule has 4 rings (SSSR count). The van der Waals surface area contributed by atoms with Crippen LogP contribution in [0.2, 0.25) is 5.02 Å². The molecule has 1 unspecified atom stereocenters. The van der Waals surface area contributed by atoms with Crippen LogP contribution in [0.25, 0.3) is 6.08 Å². The van der Waals surface area contributed by atoms with Gasteiger partial charge < -0.3 is 10.1 Å². The monoisotopic (exact) mass is 371 g/mol. The molecule has 134 valence electrons. The van der Waals surface area contributed by atoms with E-state index in [2.05, 4.69) is 5.32 Å². The zero-order valence-electron chi connectivity index (χ0n) is 14.2. The van der Waals surface area contributed by atoms with E-state index in [1.807, 2.05) is 12.1 Å². The second-order valence-electron chi connectivity index (χ2n) is 6.97. The van der Waals surface area contributed by atoms with Gasteiger partial charge in [-0.3, -0.25) is 4.79 Å². The number of carbonyl (C=O) groups excluding carboxylic acids is 1. The van der Waals surface area contributed by atoms with E-state index in [1.54, 1.807) is 24.3 Å². The molecule has 5 heteroatoms. The smallest absolute Gasteiger partial charge is 0.244 e. The lowest BCUT2D eigenvalue weighted by Gasteiger charge is -2.48. The highest BCUT2D eigenvalue weighted by Gasteiger charge is 2.45. The number of amides is 1. The van der Waals surface area contributed by atoms with Crippen molar-refractivity contribution < 1.29 is 13.9 Å². The summed E-state index contributed by atoms with van der Waals surface area (Å²) >= 11 is 5.86. The lowest BCUT2D eigenvalue weighted by atomic mass is 9.73. The summed E-state index contributed by atoms with van der Waals surface area (Å²) < 4.78 is 19.8. The van der Waals surface area contributed by atoms with Gasteiger partial charge in [0.15, 0.2) is 0 Å². The molecule has 1 fully saturated rings. The zero-order chi connectivity index (χ0) is 18.1. The second-order valence-corrected chi connectivity index (χ2v) is 7.41.